The fourth-order valence-corrected chi connectivity index (χ4v) is 2.60. The molecule has 132 valence electrons. The van der Waals surface area contributed by atoms with Crippen molar-refractivity contribution in [3.8, 4) is 17.4 Å². The maximum atomic E-state index is 12.4. The maximum Gasteiger partial charge on any atom is 0.338 e. The molecule has 0 saturated heterocycles. The van der Waals surface area contributed by atoms with Gasteiger partial charge < -0.3 is 9.15 Å². The normalized spacial score (nSPS) is 10.9. The zero-order valence-electron chi connectivity index (χ0n) is 14.5. The Labute approximate surface area is 156 Å². The lowest BCUT2D eigenvalue weighted by Gasteiger charge is -2.04. The number of hydrogen-bond donors (Lipinski definition) is 0. The number of rotatable bonds is 5. The summed E-state index contributed by atoms with van der Waals surface area (Å²) in [5.74, 6) is -0.0840. The topological polar surface area (TPSA) is 80.3 Å². The Morgan fingerprint density at radius 3 is 2.41 bits per heavy atom. The molecule has 1 aromatic heterocycles. The van der Waals surface area contributed by atoms with Gasteiger partial charge >= 0.3 is 5.97 Å². The van der Waals surface area contributed by atoms with Crippen molar-refractivity contribution in [3.05, 3.63) is 89.2 Å². The third-order valence-electron chi connectivity index (χ3n) is 3.91. The first-order chi connectivity index (χ1) is 13.1. The molecule has 0 fully saturated rings. The maximum absolute atomic E-state index is 12.4. The van der Waals surface area contributed by atoms with Crippen LogP contribution in [0, 0.1) is 11.3 Å². The van der Waals surface area contributed by atoms with E-state index in [1.807, 2.05) is 6.07 Å². The number of Topliss-reactive ketones (excluding diaryl/α,β-unsaturated/α-hetero) is 1. The first-order valence-electron chi connectivity index (χ1n) is 8.13. The lowest BCUT2D eigenvalue weighted by molar-refractivity contribution is 0.0601. The predicted molar refractivity (Wildman–Crippen MR) is 99.8 cm³/mol. The van der Waals surface area contributed by atoms with Gasteiger partial charge in [0.15, 0.2) is 0 Å². The van der Waals surface area contributed by atoms with Crippen molar-refractivity contribution in [2.24, 2.45) is 0 Å². The molecule has 0 spiro atoms. The average Bonchev–Trinajstić information content (AvgIpc) is 3.20. The highest BCUT2D eigenvalue weighted by molar-refractivity contribution is 6.13. The Bertz CT molecular complexity index is 1060. The van der Waals surface area contributed by atoms with Gasteiger partial charge in [-0.05, 0) is 18.2 Å². The Kier molecular flexibility index (Phi) is 5.29. The van der Waals surface area contributed by atoms with Gasteiger partial charge in [0.1, 0.15) is 23.2 Å². The molecule has 0 aliphatic carbocycles. The number of ether oxygens (including phenoxy) is 1. The lowest BCUT2D eigenvalue weighted by atomic mass is 10.0. The van der Waals surface area contributed by atoms with Crippen LogP contribution in [0.15, 0.2) is 76.7 Å². The largest absolute Gasteiger partial charge is 0.465 e. The van der Waals surface area contributed by atoms with Gasteiger partial charge in [0.05, 0.1) is 12.7 Å². The molecule has 0 radical (unpaired) electrons. The minimum atomic E-state index is -0.476. The van der Waals surface area contributed by atoms with Gasteiger partial charge in [-0.15, -0.1) is 0 Å². The molecule has 3 aromatic rings. The molecule has 0 atom stereocenters. The standard InChI is InChI=1S/C22H15NO4/c1-26-22(25)19-10-6-5-9-18(19)20-12-11-17(27-20)13-16(14-23)21(24)15-7-3-2-4-8-15/h2-13H,1H3. The van der Waals surface area contributed by atoms with E-state index < -0.39 is 5.97 Å². The van der Waals surface area contributed by atoms with Crippen molar-refractivity contribution in [1.82, 2.24) is 0 Å². The van der Waals surface area contributed by atoms with E-state index in [0.717, 1.165) is 0 Å². The van der Waals surface area contributed by atoms with Gasteiger partial charge in [-0.25, -0.2) is 4.79 Å². The number of esters is 1. The molecular weight excluding hydrogens is 342 g/mol. The second kappa shape index (κ2) is 7.98. The molecule has 0 aliphatic rings. The molecule has 3 rings (SSSR count). The molecule has 5 heteroatoms. The molecule has 0 amide bonds. The minimum Gasteiger partial charge on any atom is -0.465 e. The first kappa shape index (κ1) is 17.9. The summed E-state index contributed by atoms with van der Waals surface area (Å²) < 4.78 is 10.5. The molecule has 2 aromatic carbocycles. The van der Waals surface area contributed by atoms with E-state index in [1.165, 1.54) is 13.2 Å². The van der Waals surface area contributed by atoms with E-state index in [2.05, 4.69) is 0 Å². The van der Waals surface area contributed by atoms with Crippen LogP contribution in [0.5, 0.6) is 0 Å². The summed E-state index contributed by atoms with van der Waals surface area (Å²) in [6.07, 6.45) is 1.39. The van der Waals surface area contributed by atoms with Crippen molar-refractivity contribution >= 4 is 17.8 Å². The number of benzene rings is 2. The Hall–Kier alpha value is -3.91. The molecule has 0 unspecified atom stereocenters. The van der Waals surface area contributed by atoms with Crippen LogP contribution in [-0.4, -0.2) is 18.9 Å². The van der Waals surface area contributed by atoms with Crippen molar-refractivity contribution in [2.45, 2.75) is 0 Å². The van der Waals surface area contributed by atoms with Gasteiger partial charge in [-0.2, -0.15) is 5.26 Å². The second-order valence-corrected chi connectivity index (χ2v) is 5.60. The van der Waals surface area contributed by atoms with Gasteiger partial charge in [-0.3, -0.25) is 4.79 Å². The van der Waals surface area contributed by atoms with E-state index >= 15 is 0 Å². The fraction of sp³-hybridized carbons (Fsp3) is 0.0455. The first-order valence-corrected chi connectivity index (χ1v) is 8.13. The van der Waals surface area contributed by atoms with E-state index in [-0.39, 0.29) is 11.4 Å². The van der Waals surface area contributed by atoms with Crippen LogP contribution >= 0.6 is 0 Å². The summed E-state index contributed by atoms with van der Waals surface area (Å²) >= 11 is 0. The highest BCUT2D eigenvalue weighted by Crippen LogP contribution is 2.27. The van der Waals surface area contributed by atoms with Crippen LogP contribution in [0.1, 0.15) is 26.5 Å². The summed E-state index contributed by atoms with van der Waals surface area (Å²) in [4.78, 5) is 24.4. The zero-order chi connectivity index (χ0) is 19.2. The predicted octanol–water partition coefficient (Wildman–Crippen LogP) is 4.52. The van der Waals surface area contributed by atoms with Crippen LogP contribution in [0.4, 0.5) is 0 Å². The third kappa shape index (κ3) is 3.86. The molecule has 1 heterocycles. The van der Waals surface area contributed by atoms with Crippen molar-refractivity contribution in [3.63, 3.8) is 0 Å². The number of ketones is 1. The second-order valence-electron chi connectivity index (χ2n) is 5.60. The number of methoxy groups -OCH3 is 1. The van der Waals surface area contributed by atoms with Gasteiger partial charge in [0.2, 0.25) is 5.78 Å². The van der Waals surface area contributed by atoms with Crippen LogP contribution in [0.25, 0.3) is 17.4 Å². The zero-order valence-corrected chi connectivity index (χ0v) is 14.5. The Morgan fingerprint density at radius 1 is 1.00 bits per heavy atom. The summed E-state index contributed by atoms with van der Waals surface area (Å²) in [6.45, 7) is 0. The third-order valence-corrected chi connectivity index (χ3v) is 3.91. The average molecular weight is 357 g/mol. The Balaban J connectivity index is 1.94. The number of hydrogen-bond acceptors (Lipinski definition) is 5. The number of nitriles is 1. The number of carbonyl (C=O) groups is 2. The van der Waals surface area contributed by atoms with E-state index in [9.17, 15) is 14.9 Å². The summed E-state index contributed by atoms with van der Waals surface area (Å²) in [7, 11) is 1.31. The van der Waals surface area contributed by atoms with Crippen molar-refractivity contribution in [1.29, 1.82) is 5.26 Å². The summed E-state index contributed by atoms with van der Waals surface area (Å²) in [5.41, 5.74) is 1.32. The molecule has 0 N–H and O–H groups in total. The number of nitrogens with zero attached hydrogens (tertiary/aromatic N) is 1. The van der Waals surface area contributed by atoms with E-state index in [1.54, 1.807) is 66.7 Å². The molecule has 0 aliphatic heterocycles. The van der Waals surface area contributed by atoms with Crippen LogP contribution in [0.3, 0.4) is 0 Å². The van der Waals surface area contributed by atoms with E-state index in [0.29, 0.717) is 28.2 Å². The fourth-order valence-electron chi connectivity index (χ4n) is 2.60. The molecule has 0 saturated carbocycles. The van der Waals surface area contributed by atoms with Crippen molar-refractivity contribution in [2.75, 3.05) is 7.11 Å². The highest BCUT2D eigenvalue weighted by atomic mass is 16.5. The van der Waals surface area contributed by atoms with Crippen LogP contribution in [0.2, 0.25) is 0 Å². The van der Waals surface area contributed by atoms with Crippen molar-refractivity contribution < 1.29 is 18.7 Å². The van der Waals surface area contributed by atoms with E-state index in [4.69, 9.17) is 9.15 Å². The Morgan fingerprint density at radius 2 is 1.70 bits per heavy atom. The van der Waals surface area contributed by atoms with Gasteiger partial charge in [0, 0.05) is 17.2 Å². The van der Waals surface area contributed by atoms with Gasteiger partial charge in [-0.1, -0.05) is 48.5 Å². The lowest BCUT2D eigenvalue weighted by Crippen LogP contribution is -2.02. The number of carbonyl (C=O) groups excluding carboxylic acids is 2. The molecule has 27 heavy (non-hydrogen) atoms. The highest BCUT2D eigenvalue weighted by Gasteiger charge is 2.16. The molecule has 0 bridgehead atoms. The summed E-state index contributed by atoms with van der Waals surface area (Å²) in [5, 5.41) is 9.35. The number of allylic oxidation sites excluding steroid dienone is 1. The quantitative estimate of drug-likeness (QED) is 0.290. The summed E-state index contributed by atoms with van der Waals surface area (Å²) in [6, 6.07) is 20.7. The SMILES string of the molecule is COC(=O)c1ccccc1-c1ccc(C=C(C#N)C(=O)c2ccccc2)o1. The molecular formula is C22H15NO4. The minimum absolute atomic E-state index is 0.0386. The van der Waals surface area contributed by atoms with Crippen LogP contribution < -0.4 is 0 Å². The smallest absolute Gasteiger partial charge is 0.338 e. The van der Waals surface area contributed by atoms with Crippen LogP contribution in [-0.2, 0) is 4.74 Å². The molecule has 5 nitrogen and oxygen atoms in total. The van der Waals surface area contributed by atoms with Gasteiger partial charge in [0.25, 0.3) is 0 Å². The monoisotopic (exact) mass is 357 g/mol. The number of furan rings is 1.